The molecular formula is C16H16Cl2N2O2. The molecule has 2 rings (SSSR count). The van der Waals surface area contributed by atoms with Crippen molar-refractivity contribution in [1.29, 1.82) is 0 Å². The van der Waals surface area contributed by atoms with Crippen molar-refractivity contribution in [3.05, 3.63) is 52.0 Å². The molecule has 22 heavy (non-hydrogen) atoms. The Hall–Kier alpha value is -1.91. The van der Waals surface area contributed by atoms with E-state index in [-0.39, 0.29) is 5.91 Å². The van der Waals surface area contributed by atoms with Crippen LogP contribution in [0.5, 0.6) is 5.75 Å². The Balaban J connectivity index is 2.16. The fourth-order valence-corrected chi connectivity index (χ4v) is 2.18. The summed E-state index contributed by atoms with van der Waals surface area (Å²) in [7, 11) is 0. The Morgan fingerprint density at radius 2 is 2.05 bits per heavy atom. The number of hydrogen-bond acceptors (Lipinski definition) is 3. The average molecular weight is 339 g/mol. The van der Waals surface area contributed by atoms with Gasteiger partial charge < -0.3 is 15.8 Å². The van der Waals surface area contributed by atoms with Gasteiger partial charge in [-0.05, 0) is 36.8 Å². The fraction of sp³-hybridized carbons (Fsp3) is 0.188. The number of benzene rings is 2. The molecule has 2 aromatic carbocycles. The van der Waals surface area contributed by atoms with Crippen LogP contribution in [-0.4, -0.2) is 12.5 Å². The smallest absolute Gasteiger partial charge is 0.255 e. The van der Waals surface area contributed by atoms with Gasteiger partial charge in [-0.15, -0.1) is 0 Å². The van der Waals surface area contributed by atoms with Crippen molar-refractivity contribution in [2.24, 2.45) is 0 Å². The minimum atomic E-state index is -0.321. The Bertz CT molecular complexity index is 690. The second-order valence-electron chi connectivity index (χ2n) is 4.66. The first-order chi connectivity index (χ1) is 10.5. The minimum absolute atomic E-state index is 0.299. The van der Waals surface area contributed by atoms with Gasteiger partial charge in [-0.3, -0.25) is 4.79 Å². The third kappa shape index (κ3) is 3.84. The lowest BCUT2D eigenvalue weighted by Gasteiger charge is -2.11. The van der Waals surface area contributed by atoms with Crippen LogP contribution >= 0.6 is 23.2 Å². The largest absolute Gasteiger partial charge is 0.491 e. The predicted molar refractivity (Wildman–Crippen MR) is 91.1 cm³/mol. The van der Waals surface area contributed by atoms with Crippen molar-refractivity contribution in [2.45, 2.75) is 13.3 Å². The number of carbonyl (C=O) groups is 1. The number of hydrogen-bond donors (Lipinski definition) is 2. The Kier molecular flexibility index (Phi) is 5.52. The maximum atomic E-state index is 12.2. The first-order valence-corrected chi connectivity index (χ1v) is 7.56. The van der Waals surface area contributed by atoms with E-state index in [2.05, 4.69) is 5.32 Å². The third-order valence-electron chi connectivity index (χ3n) is 2.93. The molecule has 0 aliphatic carbocycles. The van der Waals surface area contributed by atoms with Gasteiger partial charge in [0.2, 0.25) is 0 Å². The lowest BCUT2D eigenvalue weighted by Crippen LogP contribution is -2.13. The van der Waals surface area contributed by atoms with Crippen LogP contribution in [0.15, 0.2) is 36.4 Å². The highest BCUT2D eigenvalue weighted by Gasteiger charge is 2.12. The van der Waals surface area contributed by atoms with Gasteiger partial charge in [0.25, 0.3) is 5.91 Å². The molecule has 2 aromatic rings. The van der Waals surface area contributed by atoms with Crippen molar-refractivity contribution in [2.75, 3.05) is 17.7 Å². The van der Waals surface area contributed by atoms with E-state index in [1.54, 1.807) is 36.4 Å². The number of nitrogens with one attached hydrogen (secondary N) is 1. The molecule has 0 radical (unpaired) electrons. The van der Waals surface area contributed by atoms with E-state index in [1.807, 2.05) is 6.92 Å². The second kappa shape index (κ2) is 7.38. The number of halogens is 2. The Morgan fingerprint density at radius 3 is 2.73 bits per heavy atom. The Labute approximate surface area is 139 Å². The average Bonchev–Trinajstić information content (AvgIpc) is 2.50. The number of rotatable bonds is 5. The van der Waals surface area contributed by atoms with Gasteiger partial charge in [0.15, 0.2) is 0 Å². The van der Waals surface area contributed by atoms with E-state index < -0.39 is 0 Å². The van der Waals surface area contributed by atoms with Gasteiger partial charge in [0.05, 0.1) is 28.0 Å². The molecule has 0 heterocycles. The highest BCUT2D eigenvalue weighted by Crippen LogP contribution is 2.30. The summed E-state index contributed by atoms with van der Waals surface area (Å²) in [5.74, 6) is 0.247. The highest BCUT2D eigenvalue weighted by atomic mass is 35.5. The second-order valence-corrected chi connectivity index (χ2v) is 5.44. The summed E-state index contributed by atoms with van der Waals surface area (Å²) in [5, 5.41) is 3.38. The van der Waals surface area contributed by atoms with Crippen molar-refractivity contribution >= 4 is 40.5 Å². The molecule has 4 nitrogen and oxygen atoms in total. The normalized spacial score (nSPS) is 10.3. The van der Waals surface area contributed by atoms with Gasteiger partial charge in [-0.1, -0.05) is 36.2 Å². The lowest BCUT2D eigenvalue weighted by molar-refractivity contribution is 0.102. The van der Waals surface area contributed by atoms with E-state index in [4.69, 9.17) is 33.7 Å². The molecule has 1 amide bonds. The van der Waals surface area contributed by atoms with Gasteiger partial charge in [0, 0.05) is 5.56 Å². The zero-order valence-corrected chi connectivity index (χ0v) is 13.5. The first-order valence-electron chi connectivity index (χ1n) is 6.80. The predicted octanol–water partition coefficient (Wildman–Crippen LogP) is 4.62. The molecule has 116 valence electrons. The number of ether oxygens (including phenoxy) is 1. The number of nitrogen functional groups attached to an aromatic ring is 1. The zero-order chi connectivity index (χ0) is 16.1. The van der Waals surface area contributed by atoms with Crippen LogP contribution in [0.4, 0.5) is 11.4 Å². The quantitative estimate of drug-likeness (QED) is 0.782. The van der Waals surface area contributed by atoms with E-state index in [9.17, 15) is 4.79 Å². The van der Waals surface area contributed by atoms with Gasteiger partial charge in [0.1, 0.15) is 5.75 Å². The third-order valence-corrected chi connectivity index (χ3v) is 3.75. The molecule has 0 bridgehead atoms. The van der Waals surface area contributed by atoms with E-state index in [0.29, 0.717) is 39.3 Å². The zero-order valence-electron chi connectivity index (χ0n) is 12.0. The van der Waals surface area contributed by atoms with Crippen LogP contribution in [0, 0.1) is 0 Å². The summed E-state index contributed by atoms with van der Waals surface area (Å²) < 4.78 is 5.48. The van der Waals surface area contributed by atoms with Crippen molar-refractivity contribution in [1.82, 2.24) is 0 Å². The van der Waals surface area contributed by atoms with Crippen molar-refractivity contribution < 1.29 is 9.53 Å². The monoisotopic (exact) mass is 338 g/mol. The van der Waals surface area contributed by atoms with Gasteiger partial charge >= 0.3 is 0 Å². The maximum Gasteiger partial charge on any atom is 0.255 e. The van der Waals surface area contributed by atoms with Crippen LogP contribution < -0.4 is 15.8 Å². The molecule has 3 N–H and O–H groups in total. The summed E-state index contributed by atoms with van der Waals surface area (Å²) >= 11 is 12.0. The molecule has 0 atom stereocenters. The molecule has 6 heteroatoms. The number of carbonyl (C=O) groups excluding carboxylic acids is 1. The lowest BCUT2D eigenvalue weighted by atomic mass is 10.1. The molecular weight excluding hydrogens is 323 g/mol. The van der Waals surface area contributed by atoms with E-state index in [1.165, 1.54) is 0 Å². The van der Waals surface area contributed by atoms with Crippen LogP contribution in [0.25, 0.3) is 0 Å². The number of nitrogens with two attached hydrogens (primary N) is 1. The van der Waals surface area contributed by atoms with E-state index >= 15 is 0 Å². The summed E-state index contributed by atoms with van der Waals surface area (Å²) in [6, 6.07) is 9.93. The van der Waals surface area contributed by atoms with Crippen LogP contribution in [0.3, 0.4) is 0 Å². The molecule has 0 aliphatic heterocycles. The molecule has 0 saturated carbocycles. The summed E-state index contributed by atoms with van der Waals surface area (Å²) in [6.45, 7) is 2.58. The summed E-state index contributed by atoms with van der Waals surface area (Å²) in [5.41, 5.74) is 7.17. The minimum Gasteiger partial charge on any atom is -0.491 e. The fourth-order valence-electron chi connectivity index (χ4n) is 1.83. The first kappa shape index (κ1) is 16.5. The van der Waals surface area contributed by atoms with Crippen molar-refractivity contribution in [3.63, 3.8) is 0 Å². The van der Waals surface area contributed by atoms with Crippen LogP contribution in [0.1, 0.15) is 23.7 Å². The standard InChI is InChI=1S/C16H16Cl2N2O2/c1-2-8-22-14-7-6-10(9-12(14)19)16(21)20-13-5-3-4-11(17)15(13)18/h3-7,9H,2,8,19H2,1H3,(H,20,21). The molecule has 0 aliphatic rings. The summed E-state index contributed by atoms with van der Waals surface area (Å²) in [4.78, 5) is 12.2. The van der Waals surface area contributed by atoms with E-state index in [0.717, 1.165) is 6.42 Å². The Morgan fingerprint density at radius 1 is 1.27 bits per heavy atom. The molecule has 0 aromatic heterocycles. The molecule has 0 saturated heterocycles. The number of anilines is 2. The summed E-state index contributed by atoms with van der Waals surface area (Å²) in [6.07, 6.45) is 0.884. The van der Waals surface area contributed by atoms with Crippen LogP contribution in [0.2, 0.25) is 10.0 Å². The molecule has 0 fully saturated rings. The highest BCUT2D eigenvalue weighted by molar-refractivity contribution is 6.44. The maximum absolute atomic E-state index is 12.2. The molecule has 0 spiro atoms. The SMILES string of the molecule is CCCOc1ccc(C(=O)Nc2cccc(Cl)c2Cl)cc1N. The number of amides is 1. The van der Waals surface area contributed by atoms with Crippen molar-refractivity contribution in [3.8, 4) is 5.75 Å². The van der Waals surface area contributed by atoms with Crippen LogP contribution in [-0.2, 0) is 0 Å². The van der Waals surface area contributed by atoms with Gasteiger partial charge in [-0.2, -0.15) is 0 Å². The molecule has 0 unspecified atom stereocenters. The topological polar surface area (TPSA) is 64.3 Å². The van der Waals surface area contributed by atoms with Gasteiger partial charge in [-0.25, -0.2) is 0 Å².